The number of hydrogen-bond acceptors (Lipinski definition) is 2. The summed E-state index contributed by atoms with van der Waals surface area (Å²) in [7, 11) is 0. The van der Waals surface area contributed by atoms with Gasteiger partial charge in [0.2, 0.25) is 0 Å². The van der Waals surface area contributed by atoms with E-state index in [4.69, 9.17) is 4.74 Å². The van der Waals surface area contributed by atoms with Crippen LogP contribution < -0.4 is 5.32 Å². The predicted molar refractivity (Wildman–Crippen MR) is 71.9 cm³/mol. The SMILES string of the molecule is CCNC(C)CCCCOCCCC(C)C. The van der Waals surface area contributed by atoms with Crippen molar-refractivity contribution in [2.45, 2.75) is 65.8 Å². The molecule has 98 valence electrons. The second-order valence-electron chi connectivity index (χ2n) is 5.10. The Kier molecular flexibility index (Phi) is 11.3. The highest BCUT2D eigenvalue weighted by Crippen LogP contribution is 2.04. The van der Waals surface area contributed by atoms with E-state index in [0.29, 0.717) is 6.04 Å². The molecule has 0 aliphatic rings. The van der Waals surface area contributed by atoms with E-state index in [0.717, 1.165) is 25.7 Å². The third kappa shape index (κ3) is 12.0. The van der Waals surface area contributed by atoms with Gasteiger partial charge in [0.15, 0.2) is 0 Å². The van der Waals surface area contributed by atoms with Gasteiger partial charge in [0.25, 0.3) is 0 Å². The van der Waals surface area contributed by atoms with Crippen molar-refractivity contribution in [1.29, 1.82) is 0 Å². The Bertz CT molecular complexity index is 137. The van der Waals surface area contributed by atoms with E-state index in [1.54, 1.807) is 0 Å². The first-order valence-electron chi connectivity index (χ1n) is 6.98. The van der Waals surface area contributed by atoms with E-state index in [1.165, 1.54) is 32.1 Å². The average Bonchev–Trinajstić information content (AvgIpc) is 2.22. The molecular formula is C14H31NO. The highest BCUT2D eigenvalue weighted by molar-refractivity contribution is 4.58. The monoisotopic (exact) mass is 229 g/mol. The zero-order chi connectivity index (χ0) is 12.2. The Morgan fingerprint density at radius 1 is 0.938 bits per heavy atom. The maximum atomic E-state index is 5.61. The van der Waals surface area contributed by atoms with Crippen LogP contribution in [0, 0.1) is 5.92 Å². The van der Waals surface area contributed by atoms with E-state index in [-0.39, 0.29) is 0 Å². The van der Waals surface area contributed by atoms with E-state index in [2.05, 4.69) is 33.0 Å². The van der Waals surface area contributed by atoms with Gasteiger partial charge >= 0.3 is 0 Å². The Balaban J connectivity index is 3.04. The van der Waals surface area contributed by atoms with Crippen molar-refractivity contribution in [3.8, 4) is 0 Å². The van der Waals surface area contributed by atoms with Gasteiger partial charge in [-0.1, -0.05) is 20.8 Å². The minimum atomic E-state index is 0.658. The van der Waals surface area contributed by atoms with Crippen LogP contribution in [0.5, 0.6) is 0 Å². The van der Waals surface area contributed by atoms with Crippen LogP contribution in [-0.2, 0) is 4.74 Å². The lowest BCUT2D eigenvalue weighted by molar-refractivity contribution is 0.123. The van der Waals surface area contributed by atoms with Gasteiger partial charge < -0.3 is 10.1 Å². The summed E-state index contributed by atoms with van der Waals surface area (Å²) in [5.74, 6) is 0.810. The summed E-state index contributed by atoms with van der Waals surface area (Å²) in [5, 5.41) is 3.43. The summed E-state index contributed by atoms with van der Waals surface area (Å²) >= 11 is 0. The van der Waals surface area contributed by atoms with Crippen LogP contribution in [0.25, 0.3) is 0 Å². The average molecular weight is 229 g/mol. The minimum absolute atomic E-state index is 0.658. The molecule has 1 atom stereocenters. The largest absolute Gasteiger partial charge is 0.381 e. The van der Waals surface area contributed by atoms with Crippen LogP contribution in [-0.4, -0.2) is 25.8 Å². The first-order valence-corrected chi connectivity index (χ1v) is 6.98. The molecule has 0 saturated heterocycles. The molecular weight excluding hydrogens is 198 g/mol. The van der Waals surface area contributed by atoms with E-state index >= 15 is 0 Å². The molecule has 16 heavy (non-hydrogen) atoms. The number of rotatable bonds is 11. The zero-order valence-corrected chi connectivity index (χ0v) is 11.7. The Hall–Kier alpha value is -0.0800. The molecule has 2 nitrogen and oxygen atoms in total. The molecule has 0 radical (unpaired) electrons. The summed E-state index contributed by atoms with van der Waals surface area (Å²) in [5.41, 5.74) is 0. The van der Waals surface area contributed by atoms with Gasteiger partial charge in [-0.05, 0) is 51.5 Å². The molecule has 0 saturated carbocycles. The van der Waals surface area contributed by atoms with Gasteiger partial charge in [-0.2, -0.15) is 0 Å². The molecule has 0 aromatic rings. The third-order valence-electron chi connectivity index (χ3n) is 2.80. The van der Waals surface area contributed by atoms with Gasteiger partial charge in [-0.25, -0.2) is 0 Å². The lowest BCUT2D eigenvalue weighted by atomic mass is 10.1. The highest BCUT2D eigenvalue weighted by atomic mass is 16.5. The highest BCUT2D eigenvalue weighted by Gasteiger charge is 1.99. The van der Waals surface area contributed by atoms with Crippen molar-refractivity contribution in [2.75, 3.05) is 19.8 Å². The fourth-order valence-electron chi connectivity index (χ4n) is 1.80. The maximum Gasteiger partial charge on any atom is 0.0466 e. The van der Waals surface area contributed by atoms with Gasteiger partial charge in [0.1, 0.15) is 0 Å². The number of ether oxygens (including phenoxy) is 1. The van der Waals surface area contributed by atoms with E-state index in [1.807, 2.05) is 0 Å². The fraction of sp³-hybridized carbons (Fsp3) is 1.00. The molecule has 0 rings (SSSR count). The van der Waals surface area contributed by atoms with Crippen molar-refractivity contribution >= 4 is 0 Å². The Morgan fingerprint density at radius 3 is 2.25 bits per heavy atom. The first-order chi connectivity index (χ1) is 7.66. The summed E-state index contributed by atoms with van der Waals surface area (Å²) in [6.45, 7) is 11.9. The summed E-state index contributed by atoms with van der Waals surface area (Å²) in [6, 6.07) is 0.658. The standard InChI is InChI=1S/C14H31NO/c1-5-15-14(4)10-6-7-11-16-12-8-9-13(2)3/h13-15H,5-12H2,1-4H3. The van der Waals surface area contributed by atoms with Crippen LogP contribution in [0.2, 0.25) is 0 Å². The molecule has 0 aliphatic carbocycles. The lowest BCUT2D eigenvalue weighted by Crippen LogP contribution is -2.25. The second kappa shape index (κ2) is 11.4. The first kappa shape index (κ1) is 15.9. The molecule has 0 bridgehead atoms. The normalized spacial score (nSPS) is 13.3. The predicted octanol–water partition coefficient (Wildman–Crippen LogP) is 3.61. The number of nitrogens with one attached hydrogen (secondary N) is 1. The molecule has 0 spiro atoms. The molecule has 1 unspecified atom stereocenters. The van der Waals surface area contributed by atoms with Gasteiger partial charge in [0, 0.05) is 19.3 Å². The van der Waals surface area contributed by atoms with Crippen molar-refractivity contribution in [3.63, 3.8) is 0 Å². The summed E-state index contributed by atoms with van der Waals surface area (Å²) in [6.07, 6.45) is 6.25. The van der Waals surface area contributed by atoms with Crippen LogP contribution in [0.1, 0.15) is 59.8 Å². The van der Waals surface area contributed by atoms with Crippen LogP contribution in [0.15, 0.2) is 0 Å². The van der Waals surface area contributed by atoms with Crippen LogP contribution in [0.3, 0.4) is 0 Å². The van der Waals surface area contributed by atoms with E-state index in [9.17, 15) is 0 Å². The van der Waals surface area contributed by atoms with Crippen molar-refractivity contribution in [3.05, 3.63) is 0 Å². The third-order valence-corrected chi connectivity index (χ3v) is 2.80. The van der Waals surface area contributed by atoms with E-state index < -0.39 is 0 Å². The van der Waals surface area contributed by atoms with Crippen molar-refractivity contribution in [1.82, 2.24) is 5.32 Å². The quantitative estimate of drug-likeness (QED) is 0.547. The van der Waals surface area contributed by atoms with Crippen molar-refractivity contribution < 1.29 is 4.74 Å². The molecule has 0 fully saturated rings. The zero-order valence-electron chi connectivity index (χ0n) is 11.7. The molecule has 0 aromatic heterocycles. The molecule has 0 aromatic carbocycles. The van der Waals surface area contributed by atoms with Crippen molar-refractivity contribution in [2.24, 2.45) is 5.92 Å². The lowest BCUT2D eigenvalue weighted by Gasteiger charge is -2.11. The Morgan fingerprint density at radius 2 is 1.62 bits per heavy atom. The Labute approximate surface area is 102 Å². The summed E-state index contributed by atoms with van der Waals surface area (Å²) in [4.78, 5) is 0. The molecule has 0 aliphatic heterocycles. The second-order valence-corrected chi connectivity index (χ2v) is 5.10. The molecule has 2 heteroatoms. The van der Waals surface area contributed by atoms with Gasteiger partial charge in [0.05, 0.1) is 0 Å². The van der Waals surface area contributed by atoms with Gasteiger partial charge in [-0.3, -0.25) is 0 Å². The smallest absolute Gasteiger partial charge is 0.0466 e. The van der Waals surface area contributed by atoms with Gasteiger partial charge in [-0.15, -0.1) is 0 Å². The topological polar surface area (TPSA) is 21.3 Å². The summed E-state index contributed by atoms with van der Waals surface area (Å²) < 4.78 is 5.61. The number of unbranched alkanes of at least 4 members (excludes halogenated alkanes) is 1. The molecule has 0 heterocycles. The maximum absolute atomic E-state index is 5.61. The molecule has 1 N–H and O–H groups in total. The number of hydrogen-bond donors (Lipinski definition) is 1. The molecule has 0 amide bonds. The van der Waals surface area contributed by atoms with Crippen LogP contribution in [0.4, 0.5) is 0 Å². The fourth-order valence-corrected chi connectivity index (χ4v) is 1.80. The minimum Gasteiger partial charge on any atom is -0.381 e. The van der Waals surface area contributed by atoms with Crippen LogP contribution >= 0.6 is 0 Å².